The van der Waals surface area contributed by atoms with Gasteiger partial charge in [0.05, 0.1) is 21.1 Å². The van der Waals surface area contributed by atoms with E-state index in [1.807, 2.05) is 0 Å². The lowest BCUT2D eigenvalue weighted by Crippen LogP contribution is -2.57. The minimum absolute atomic E-state index is 0.115. The smallest absolute Gasteiger partial charge is 0.257 e. The number of carbonyl (C=O) groups excluding carboxylic acids is 2. The van der Waals surface area contributed by atoms with E-state index in [2.05, 4.69) is 0 Å². The van der Waals surface area contributed by atoms with Crippen molar-refractivity contribution in [1.29, 1.82) is 0 Å². The Labute approximate surface area is 139 Å². The molecule has 0 aliphatic carbocycles. The number of halogens is 2. The van der Waals surface area contributed by atoms with Crippen molar-refractivity contribution in [2.45, 2.75) is 19.4 Å². The first-order valence-electron chi connectivity index (χ1n) is 7.03. The van der Waals surface area contributed by atoms with Crippen molar-refractivity contribution in [3.8, 4) is 0 Å². The molecule has 0 saturated carbocycles. The van der Waals surface area contributed by atoms with Crippen LogP contribution in [0.25, 0.3) is 0 Å². The van der Waals surface area contributed by atoms with E-state index in [0.29, 0.717) is 41.8 Å². The van der Waals surface area contributed by atoms with E-state index in [9.17, 15) is 9.59 Å². The molecule has 22 heavy (non-hydrogen) atoms. The van der Waals surface area contributed by atoms with Crippen molar-refractivity contribution in [2.24, 2.45) is 5.73 Å². The third kappa shape index (κ3) is 3.54. The molecule has 2 rings (SSSR count). The lowest BCUT2D eigenvalue weighted by atomic mass is 10.0. The molecule has 2 amide bonds. The summed E-state index contributed by atoms with van der Waals surface area (Å²) in [6.45, 7) is 5.12. The summed E-state index contributed by atoms with van der Waals surface area (Å²) in [5, 5.41) is 0.665. The van der Waals surface area contributed by atoms with Crippen LogP contribution in [0.1, 0.15) is 24.2 Å². The van der Waals surface area contributed by atoms with Crippen LogP contribution < -0.4 is 5.73 Å². The monoisotopic (exact) mass is 343 g/mol. The van der Waals surface area contributed by atoms with Crippen molar-refractivity contribution in [1.82, 2.24) is 9.80 Å². The first-order valence-corrected chi connectivity index (χ1v) is 7.79. The maximum absolute atomic E-state index is 12.5. The number of amides is 2. The van der Waals surface area contributed by atoms with Crippen LogP contribution in [0.4, 0.5) is 0 Å². The second-order valence-electron chi connectivity index (χ2n) is 5.90. The van der Waals surface area contributed by atoms with Crippen molar-refractivity contribution in [3.63, 3.8) is 0 Å². The highest BCUT2D eigenvalue weighted by molar-refractivity contribution is 6.39. The minimum Gasteiger partial charge on any atom is -0.338 e. The van der Waals surface area contributed by atoms with Crippen LogP contribution in [-0.2, 0) is 4.79 Å². The normalized spacial score (nSPS) is 15.9. The van der Waals surface area contributed by atoms with Gasteiger partial charge < -0.3 is 15.5 Å². The SMILES string of the molecule is CC(C)(N)C(=O)N1CCN(C(=O)c2c(Cl)cccc2Cl)CC1. The molecule has 0 unspecified atom stereocenters. The molecule has 0 bridgehead atoms. The molecule has 1 aromatic rings. The zero-order valence-corrected chi connectivity index (χ0v) is 14.1. The Morgan fingerprint density at radius 2 is 1.50 bits per heavy atom. The number of hydrogen-bond donors (Lipinski definition) is 1. The van der Waals surface area contributed by atoms with Crippen LogP contribution in [0.2, 0.25) is 10.0 Å². The fourth-order valence-corrected chi connectivity index (χ4v) is 2.94. The molecule has 2 N–H and O–H groups in total. The van der Waals surface area contributed by atoms with Gasteiger partial charge in [0.15, 0.2) is 0 Å². The van der Waals surface area contributed by atoms with E-state index in [1.165, 1.54) is 0 Å². The number of nitrogens with zero attached hydrogens (tertiary/aromatic N) is 2. The van der Waals surface area contributed by atoms with Crippen molar-refractivity contribution in [3.05, 3.63) is 33.8 Å². The van der Waals surface area contributed by atoms with E-state index >= 15 is 0 Å². The van der Waals surface area contributed by atoms with Gasteiger partial charge in [-0.2, -0.15) is 0 Å². The number of hydrogen-bond acceptors (Lipinski definition) is 3. The van der Waals surface area contributed by atoms with E-state index in [0.717, 1.165) is 0 Å². The maximum Gasteiger partial charge on any atom is 0.257 e. The predicted octanol–water partition coefficient (Wildman–Crippen LogP) is 2.02. The first-order chi connectivity index (χ1) is 10.2. The minimum atomic E-state index is -0.905. The third-order valence-corrected chi connectivity index (χ3v) is 4.21. The van der Waals surface area contributed by atoms with Crippen LogP contribution in [0.5, 0.6) is 0 Å². The summed E-state index contributed by atoms with van der Waals surface area (Å²) in [4.78, 5) is 28.0. The molecule has 5 nitrogen and oxygen atoms in total. The van der Waals surface area contributed by atoms with Crippen molar-refractivity contribution >= 4 is 35.0 Å². The number of rotatable bonds is 2. The molecule has 120 valence electrons. The van der Waals surface area contributed by atoms with Crippen LogP contribution in [0.15, 0.2) is 18.2 Å². The molecular formula is C15H19Cl2N3O2. The Hall–Kier alpha value is -1.30. The van der Waals surface area contributed by atoms with Gasteiger partial charge in [-0.1, -0.05) is 29.3 Å². The molecule has 0 aromatic heterocycles. The second kappa shape index (κ2) is 6.44. The predicted molar refractivity (Wildman–Crippen MR) is 87.2 cm³/mol. The van der Waals surface area contributed by atoms with Gasteiger partial charge in [-0.05, 0) is 26.0 Å². The van der Waals surface area contributed by atoms with Gasteiger partial charge in [0, 0.05) is 26.2 Å². The Kier molecular flexibility index (Phi) is 5.00. The Bertz CT molecular complexity index is 571. The van der Waals surface area contributed by atoms with Crippen molar-refractivity contribution < 1.29 is 9.59 Å². The number of nitrogens with two attached hydrogens (primary N) is 1. The largest absolute Gasteiger partial charge is 0.338 e. The zero-order valence-electron chi connectivity index (χ0n) is 12.6. The van der Waals surface area contributed by atoms with Gasteiger partial charge in [0.2, 0.25) is 5.91 Å². The van der Waals surface area contributed by atoms with Gasteiger partial charge in [0.1, 0.15) is 0 Å². The summed E-state index contributed by atoms with van der Waals surface area (Å²) in [6.07, 6.45) is 0. The second-order valence-corrected chi connectivity index (χ2v) is 6.72. The molecule has 1 aliphatic heterocycles. The number of piperazine rings is 1. The molecule has 1 aromatic carbocycles. The molecule has 0 spiro atoms. The molecule has 1 saturated heterocycles. The van der Waals surface area contributed by atoms with Crippen LogP contribution in [0.3, 0.4) is 0 Å². The Morgan fingerprint density at radius 1 is 1.05 bits per heavy atom. The first kappa shape index (κ1) is 17.1. The summed E-state index contributed by atoms with van der Waals surface area (Å²) in [7, 11) is 0. The highest BCUT2D eigenvalue weighted by Gasteiger charge is 2.32. The van der Waals surface area contributed by atoms with E-state index in [1.54, 1.807) is 41.8 Å². The molecule has 0 atom stereocenters. The van der Waals surface area contributed by atoms with Crippen LogP contribution in [0, 0.1) is 0 Å². The standard InChI is InChI=1S/C15H19Cl2N3O2/c1-15(2,18)14(22)20-8-6-19(7-9-20)13(21)12-10(16)4-3-5-11(12)17/h3-5H,6-9,18H2,1-2H3. The van der Waals surface area contributed by atoms with Gasteiger partial charge in [-0.25, -0.2) is 0 Å². The zero-order chi connectivity index (χ0) is 16.5. The van der Waals surface area contributed by atoms with E-state index in [-0.39, 0.29) is 11.8 Å². The topological polar surface area (TPSA) is 66.6 Å². The summed E-state index contributed by atoms with van der Waals surface area (Å²) in [6, 6.07) is 4.97. The summed E-state index contributed by atoms with van der Waals surface area (Å²) < 4.78 is 0. The lowest BCUT2D eigenvalue weighted by molar-refractivity contribution is -0.137. The quantitative estimate of drug-likeness (QED) is 0.893. The number of carbonyl (C=O) groups is 2. The highest BCUT2D eigenvalue weighted by atomic mass is 35.5. The molecular weight excluding hydrogens is 325 g/mol. The molecule has 1 aliphatic rings. The van der Waals surface area contributed by atoms with Crippen LogP contribution in [-0.4, -0.2) is 53.3 Å². The van der Waals surface area contributed by atoms with Gasteiger partial charge in [-0.15, -0.1) is 0 Å². The third-order valence-electron chi connectivity index (χ3n) is 3.58. The molecule has 0 radical (unpaired) electrons. The summed E-state index contributed by atoms with van der Waals surface area (Å²) >= 11 is 12.1. The van der Waals surface area contributed by atoms with E-state index < -0.39 is 5.54 Å². The van der Waals surface area contributed by atoms with Crippen LogP contribution >= 0.6 is 23.2 Å². The summed E-state index contributed by atoms with van der Waals surface area (Å²) in [5.74, 6) is -0.329. The highest BCUT2D eigenvalue weighted by Crippen LogP contribution is 2.26. The van der Waals surface area contributed by atoms with Gasteiger partial charge in [-0.3, -0.25) is 9.59 Å². The summed E-state index contributed by atoms with van der Waals surface area (Å²) in [5.41, 5.74) is 5.23. The molecule has 1 fully saturated rings. The molecule has 1 heterocycles. The average molecular weight is 344 g/mol. The van der Waals surface area contributed by atoms with Gasteiger partial charge >= 0.3 is 0 Å². The Morgan fingerprint density at radius 3 is 1.95 bits per heavy atom. The van der Waals surface area contributed by atoms with Crippen molar-refractivity contribution in [2.75, 3.05) is 26.2 Å². The van der Waals surface area contributed by atoms with E-state index in [4.69, 9.17) is 28.9 Å². The fraction of sp³-hybridized carbons (Fsp3) is 0.467. The number of benzene rings is 1. The maximum atomic E-state index is 12.5. The Balaban J connectivity index is 2.06. The fourth-order valence-electron chi connectivity index (χ4n) is 2.38. The lowest BCUT2D eigenvalue weighted by Gasteiger charge is -2.37. The average Bonchev–Trinajstić information content (AvgIpc) is 2.45. The van der Waals surface area contributed by atoms with Gasteiger partial charge in [0.25, 0.3) is 5.91 Å². The molecule has 7 heteroatoms.